The molecule has 40 heavy (non-hydrogen) atoms. The maximum atomic E-state index is 13.9. The number of ether oxygens (including phenoxy) is 4. The van der Waals surface area contributed by atoms with Gasteiger partial charge in [0.1, 0.15) is 32.3 Å². The summed E-state index contributed by atoms with van der Waals surface area (Å²) in [7, 11) is 5.65. The van der Waals surface area contributed by atoms with E-state index in [1.807, 2.05) is 0 Å². The second-order valence-electron chi connectivity index (χ2n) is 8.13. The first-order valence-electron chi connectivity index (χ1n) is 11.4. The van der Waals surface area contributed by atoms with Gasteiger partial charge in [-0.15, -0.1) is 11.3 Å². The number of nitrogens with two attached hydrogens (primary N) is 1. The van der Waals surface area contributed by atoms with Crippen molar-refractivity contribution in [2.75, 3.05) is 33.8 Å². The van der Waals surface area contributed by atoms with Crippen molar-refractivity contribution in [3.63, 3.8) is 0 Å². The van der Waals surface area contributed by atoms with Crippen LogP contribution in [0.25, 0.3) is 17.5 Å². The molecule has 0 saturated heterocycles. The standard InChI is InChI=1S/C27H24N4O7S.CH4/c1-35-15-7-5-14(6-8-15)30-25(33)23-22(17-10-9-16(36-2)11-19(17)37-3)18(13-28)24(29)31-26(34)20(39-27(23)31)12-21(32)38-4;/h5-12,22H,29H2,1-4H3,(H,30,33);1H4/b20-12-;. The van der Waals surface area contributed by atoms with E-state index in [4.69, 9.17) is 19.9 Å². The summed E-state index contributed by atoms with van der Waals surface area (Å²) in [5.41, 5.74) is 6.62. The zero-order chi connectivity index (χ0) is 28.3. The van der Waals surface area contributed by atoms with Crippen LogP contribution in [0.4, 0.5) is 5.69 Å². The molecule has 1 aliphatic rings. The second kappa shape index (κ2) is 12.2. The van der Waals surface area contributed by atoms with Gasteiger partial charge < -0.3 is 30.0 Å². The van der Waals surface area contributed by atoms with Gasteiger partial charge in [0.25, 0.3) is 11.5 Å². The molecule has 4 rings (SSSR count). The van der Waals surface area contributed by atoms with Crippen LogP contribution in [0, 0.1) is 11.3 Å². The van der Waals surface area contributed by atoms with Crippen molar-refractivity contribution in [1.82, 2.24) is 4.57 Å². The SMILES string of the molecule is C.COC(=O)/C=c1\sc2n(c1=O)C(N)=C(C#N)C(c1ccc(OC)cc1OC)C=2C(=O)Nc1ccc(OC)cc1. The molecule has 0 saturated carbocycles. The number of anilines is 1. The summed E-state index contributed by atoms with van der Waals surface area (Å²) in [5.74, 6) is -1.11. The van der Waals surface area contributed by atoms with E-state index in [9.17, 15) is 19.6 Å². The van der Waals surface area contributed by atoms with Crippen LogP contribution in [-0.4, -0.2) is 44.9 Å². The largest absolute Gasteiger partial charge is 0.497 e. The number of carbonyl (C=O) groups excluding carboxylic acids is 2. The lowest BCUT2D eigenvalue weighted by molar-refractivity contribution is -0.133. The van der Waals surface area contributed by atoms with Crippen molar-refractivity contribution < 1.29 is 28.5 Å². The van der Waals surface area contributed by atoms with Crippen LogP contribution in [0.1, 0.15) is 18.9 Å². The van der Waals surface area contributed by atoms with Gasteiger partial charge >= 0.3 is 5.97 Å². The van der Waals surface area contributed by atoms with Crippen LogP contribution >= 0.6 is 11.3 Å². The van der Waals surface area contributed by atoms with E-state index >= 15 is 0 Å². The predicted octanol–water partition coefficient (Wildman–Crippen LogP) is 1.76. The zero-order valence-electron chi connectivity index (χ0n) is 21.4. The fraction of sp³-hybridized carbons (Fsp3) is 0.214. The van der Waals surface area contributed by atoms with Crippen LogP contribution in [-0.2, 0) is 14.3 Å². The number of rotatable bonds is 7. The normalized spacial score (nSPS) is 14.4. The Morgan fingerprint density at radius 2 is 1.70 bits per heavy atom. The third-order valence-electron chi connectivity index (χ3n) is 6.06. The highest BCUT2D eigenvalue weighted by Crippen LogP contribution is 2.42. The van der Waals surface area contributed by atoms with Gasteiger partial charge in [-0.2, -0.15) is 5.26 Å². The quantitative estimate of drug-likeness (QED) is 0.409. The van der Waals surface area contributed by atoms with E-state index < -0.39 is 23.4 Å². The number of allylic oxidation sites excluding steroid dienone is 1. The van der Waals surface area contributed by atoms with Crippen LogP contribution in [0.15, 0.2) is 52.8 Å². The first-order chi connectivity index (χ1) is 18.8. The molecular weight excluding hydrogens is 536 g/mol. The fourth-order valence-corrected chi connectivity index (χ4v) is 5.31. The van der Waals surface area contributed by atoms with Crippen LogP contribution in [0.2, 0.25) is 0 Å². The molecule has 0 aliphatic carbocycles. The number of nitriles is 1. The third-order valence-corrected chi connectivity index (χ3v) is 7.17. The lowest BCUT2D eigenvalue weighted by Gasteiger charge is -2.26. The highest BCUT2D eigenvalue weighted by Gasteiger charge is 2.37. The van der Waals surface area contributed by atoms with Crippen LogP contribution in [0.5, 0.6) is 17.2 Å². The van der Waals surface area contributed by atoms with Gasteiger partial charge in [-0.05, 0) is 30.3 Å². The maximum Gasteiger partial charge on any atom is 0.332 e. The second-order valence-corrected chi connectivity index (χ2v) is 9.16. The predicted molar refractivity (Wildman–Crippen MR) is 151 cm³/mol. The number of methoxy groups -OCH3 is 4. The van der Waals surface area contributed by atoms with Gasteiger partial charge in [0.15, 0.2) is 0 Å². The number of benzene rings is 2. The number of fused-ring (bicyclic) bond motifs is 1. The topological polar surface area (TPSA) is 155 Å². The number of hydrogen-bond donors (Lipinski definition) is 2. The minimum atomic E-state index is -1.02. The molecule has 3 N–H and O–H groups in total. The monoisotopic (exact) mass is 564 g/mol. The van der Waals surface area contributed by atoms with Crippen molar-refractivity contribution in [1.29, 1.82) is 5.26 Å². The summed E-state index contributed by atoms with van der Waals surface area (Å²) in [6.45, 7) is 0. The molecule has 0 radical (unpaired) electrons. The number of hydrogen-bond acceptors (Lipinski definition) is 10. The Balaban J connectivity index is 0.00000441. The van der Waals surface area contributed by atoms with Crippen molar-refractivity contribution >= 4 is 46.4 Å². The molecule has 0 bridgehead atoms. The molecule has 1 amide bonds. The van der Waals surface area contributed by atoms with E-state index in [0.717, 1.165) is 22.0 Å². The number of aromatic nitrogens is 1. The molecule has 208 valence electrons. The number of nitrogens with one attached hydrogen (secondary N) is 1. The van der Waals surface area contributed by atoms with E-state index in [1.165, 1.54) is 28.4 Å². The van der Waals surface area contributed by atoms with Crippen molar-refractivity contribution in [3.8, 4) is 23.3 Å². The number of nitrogens with zero attached hydrogens (tertiary/aromatic N) is 2. The smallest absolute Gasteiger partial charge is 0.332 e. The highest BCUT2D eigenvalue weighted by molar-refractivity contribution is 7.07. The highest BCUT2D eigenvalue weighted by atomic mass is 32.1. The van der Waals surface area contributed by atoms with E-state index in [0.29, 0.717) is 28.5 Å². The first-order valence-corrected chi connectivity index (χ1v) is 12.2. The Morgan fingerprint density at radius 1 is 1.05 bits per heavy atom. The summed E-state index contributed by atoms with van der Waals surface area (Å²) < 4.78 is 21.9. The zero-order valence-corrected chi connectivity index (χ0v) is 22.3. The Morgan fingerprint density at radius 3 is 2.27 bits per heavy atom. The Labute approximate surface area is 234 Å². The molecule has 11 nitrogen and oxygen atoms in total. The van der Waals surface area contributed by atoms with E-state index in [-0.39, 0.29) is 33.6 Å². The lowest BCUT2D eigenvalue weighted by atomic mass is 9.82. The fourth-order valence-electron chi connectivity index (χ4n) is 4.17. The average Bonchev–Trinajstić information content (AvgIpc) is 3.27. The van der Waals surface area contributed by atoms with Gasteiger partial charge in [0, 0.05) is 23.4 Å². The molecule has 1 unspecified atom stereocenters. The molecule has 3 aromatic rings. The number of esters is 1. The molecule has 2 heterocycles. The molecule has 12 heteroatoms. The van der Waals surface area contributed by atoms with Gasteiger partial charge in [-0.1, -0.05) is 13.5 Å². The molecule has 2 aromatic carbocycles. The summed E-state index contributed by atoms with van der Waals surface area (Å²) >= 11 is 0.882. The third kappa shape index (κ3) is 5.27. The van der Waals surface area contributed by atoms with Gasteiger partial charge in [0.2, 0.25) is 0 Å². The van der Waals surface area contributed by atoms with E-state index in [1.54, 1.807) is 42.5 Å². The molecule has 1 atom stereocenters. The minimum absolute atomic E-state index is 0. The Hall–Kier alpha value is -5.02. The maximum absolute atomic E-state index is 13.9. The summed E-state index contributed by atoms with van der Waals surface area (Å²) in [4.78, 5) is 39.2. The van der Waals surface area contributed by atoms with Crippen LogP contribution in [0.3, 0.4) is 0 Å². The molecular formula is C28H28N4O7S. The lowest BCUT2D eigenvalue weighted by Crippen LogP contribution is -2.41. The molecule has 0 spiro atoms. The summed E-state index contributed by atoms with van der Waals surface area (Å²) in [5, 5.41) is 13.0. The summed E-state index contributed by atoms with van der Waals surface area (Å²) in [6.07, 6.45) is 1.01. The number of amides is 1. The molecule has 1 aromatic heterocycles. The van der Waals surface area contributed by atoms with Crippen molar-refractivity contribution in [3.05, 3.63) is 73.2 Å². The Kier molecular flexibility index (Phi) is 9.03. The average molecular weight is 565 g/mol. The van der Waals surface area contributed by atoms with Crippen LogP contribution < -0.4 is 40.0 Å². The number of carbonyl (C=O) groups is 2. The van der Waals surface area contributed by atoms with E-state index in [2.05, 4.69) is 16.1 Å². The molecule has 0 fully saturated rings. The van der Waals surface area contributed by atoms with Gasteiger partial charge in [-0.25, -0.2) is 4.79 Å². The minimum Gasteiger partial charge on any atom is -0.497 e. The molecule has 1 aliphatic heterocycles. The van der Waals surface area contributed by atoms with Crippen molar-refractivity contribution in [2.45, 2.75) is 13.3 Å². The first kappa shape index (κ1) is 29.5. The summed E-state index contributed by atoms with van der Waals surface area (Å²) in [6, 6.07) is 13.7. The van der Waals surface area contributed by atoms with Gasteiger partial charge in [0.05, 0.1) is 51.6 Å². The van der Waals surface area contributed by atoms with Gasteiger partial charge in [-0.3, -0.25) is 14.2 Å². The van der Waals surface area contributed by atoms with Crippen molar-refractivity contribution in [2.24, 2.45) is 5.73 Å². The Bertz CT molecular complexity index is 1710. The number of thiazole rings is 1.